The molecule has 0 aromatic heterocycles. The van der Waals surface area contributed by atoms with Gasteiger partial charge in [-0.05, 0) is 29.8 Å². The summed E-state index contributed by atoms with van der Waals surface area (Å²) < 4.78 is 18.5. The number of carboxylic acids is 1. The summed E-state index contributed by atoms with van der Waals surface area (Å²) in [6.07, 6.45) is 0. The maximum Gasteiger partial charge on any atom is 0.340 e. The van der Waals surface area contributed by atoms with Crippen molar-refractivity contribution in [2.45, 2.75) is 6.54 Å². The molecule has 6 heteroatoms. The van der Waals surface area contributed by atoms with Gasteiger partial charge in [-0.1, -0.05) is 12.1 Å². The Kier molecular flexibility index (Phi) is 4.27. The molecule has 0 bridgehead atoms. The third-order valence-corrected chi connectivity index (χ3v) is 3.02. The maximum absolute atomic E-state index is 13.3. The third-order valence-electron chi connectivity index (χ3n) is 3.02. The van der Waals surface area contributed by atoms with Crippen LogP contribution in [0.25, 0.3) is 0 Å². The van der Waals surface area contributed by atoms with E-state index in [1.165, 1.54) is 6.07 Å². The van der Waals surface area contributed by atoms with Gasteiger partial charge in [0, 0.05) is 6.54 Å². The van der Waals surface area contributed by atoms with Gasteiger partial charge in [0.25, 0.3) is 0 Å². The zero-order valence-corrected chi connectivity index (χ0v) is 11.4. The number of anilines is 2. The fourth-order valence-electron chi connectivity index (χ4n) is 1.95. The molecular formula is C15H15FN2O3. The summed E-state index contributed by atoms with van der Waals surface area (Å²) in [5.41, 5.74) is 6.01. The van der Waals surface area contributed by atoms with Gasteiger partial charge in [-0.2, -0.15) is 0 Å². The topological polar surface area (TPSA) is 84.6 Å². The van der Waals surface area contributed by atoms with Gasteiger partial charge in [0.15, 0.2) is 0 Å². The van der Waals surface area contributed by atoms with Crippen LogP contribution in [0.4, 0.5) is 15.8 Å². The first-order valence-electron chi connectivity index (χ1n) is 6.21. The van der Waals surface area contributed by atoms with Crippen molar-refractivity contribution >= 4 is 17.3 Å². The molecule has 2 rings (SSSR count). The van der Waals surface area contributed by atoms with E-state index in [9.17, 15) is 9.18 Å². The smallest absolute Gasteiger partial charge is 0.340 e. The van der Waals surface area contributed by atoms with E-state index in [1.54, 1.807) is 7.11 Å². The fraction of sp³-hybridized carbons (Fsp3) is 0.133. The first kappa shape index (κ1) is 14.6. The number of nitrogens with one attached hydrogen (secondary N) is 1. The summed E-state index contributed by atoms with van der Waals surface area (Å²) in [7, 11) is 1.57. The molecule has 0 radical (unpaired) electrons. The highest BCUT2D eigenvalue weighted by molar-refractivity contribution is 6.00. The van der Waals surface area contributed by atoms with Crippen molar-refractivity contribution in [1.29, 1.82) is 0 Å². The van der Waals surface area contributed by atoms with Crippen LogP contribution < -0.4 is 15.8 Å². The molecule has 2 aromatic carbocycles. The molecule has 110 valence electrons. The molecule has 0 unspecified atom stereocenters. The largest absolute Gasteiger partial charge is 0.497 e. The molecule has 0 aliphatic rings. The second-order valence-corrected chi connectivity index (χ2v) is 4.39. The lowest BCUT2D eigenvalue weighted by Gasteiger charge is -2.12. The number of rotatable bonds is 5. The SMILES string of the molecule is COc1cccc(CNc2ccc(F)c(N)c2C(=O)O)c1. The van der Waals surface area contributed by atoms with E-state index in [2.05, 4.69) is 5.32 Å². The number of hydrogen-bond acceptors (Lipinski definition) is 4. The fourth-order valence-corrected chi connectivity index (χ4v) is 1.95. The van der Waals surface area contributed by atoms with E-state index in [-0.39, 0.29) is 16.9 Å². The van der Waals surface area contributed by atoms with Crippen LogP contribution in [0.15, 0.2) is 36.4 Å². The number of nitrogen functional groups attached to an aromatic ring is 1. The molecule has 21 heavy (non-hydrogen) atoms. The number of aromatic carboxylic acids is 1. The summed E-state index contributed by atoms with van der Waals surface area (Å²) in [5.74, 6) is -1.33. The summed E-state index contributed by atoms with van der Waals surface area (Å²) >= 11 is 0. The van der Waals surface area contributed by atoms with Gasteiger partial charge in [-0.25, -0.2) is 9.18 Å². The molecule has 0 spiro atoms. The van der Waals surface area contributed by atoms with Gasteiger partial charge in [0.2, 0.25) is 0 Å². The minimum absolute atomic E-state index is 0.266. The second kappa shape index (κ2) is 6.13. The number of benzene rings is 2. The van der Waals surface area contributed by atoms with Gasteiger partial charge >= 0.3 is 5.97 Å². The molecule has 0 amide bonds. The number of halogens is 1. The molecule has 0 fully saturated rings. The van der Waals surface area contributed by atoms with E-state index < -0.39 is 11.8 Å². The molecule has 0 heterocycles. The van der Waals surface area contributed by atoms with Crippen LogP contribution in [0.5, 0.6) is 5.75 Å². The average Bonchev–Trinajstić information content (AvgIpc) is 2.48. The molecule has 4 N–H and O–H groups in total. The highest BCUT2D eigenvalue weighted by Crippen LogP contribution is 2.26. The summed E-state index contributed by atoms with van der Waals surface area (Å²) in [4.78, 5) is 11.2. The Labute approximate surface area is 121 Å². The molecule has 0 aliphatic heterocycles. The van der Waals surface area contributed by atoms with Gasteiger partial charge in [-0.15, -0.1) is 0 Å². The summed E-state index contributed by atoms with van der Waals surface area (Å²) in [6, 6.07) is 9.81. The number of carbonyl (C=O) groups is 1. The Morgan fingerprint density at radius 2 is 2.14 bits per heavy atom. The summed E-state index contributed by atoms with van der Waals surface area (Å²) in [5, 5.41) is 12.1. The zero-order chi connectivity index (χ0) is 15.4. The van der Waals surface area contributed by atoms with Gasteiger partial charge in [0.05, 0.1) is 18.5 Å². The average molecular weight is 290 g/mol. The Hall–Kier alpha value is -2.76. The monoisotopic (exact) mass is 290 g/mol. The lowest BCUT2D eigenvalue weighted by atomic mass is 10.1. The predicted molar refractivity (Wildman–Crippen MR) is 78.1 cm³/mol. The quantitative estimate of drug-likeness (QED) is 0.737. The minimum Gasteiger partial charge on any atom is -0.497 e. The Morgan fingerprint density at radius 1 is 1.38 bits per heavy atom. The lowest BCUT2D eigenvalue weighted by molar-refractivity contribution is 0.0698. The number of nitrogens with two attached hydrogens (primary N) is 1. The van der Waals surface area contributed by atoms with Crippen molar-refractivity contribution in [3.63, 3.8) is 0 Å². The van der Waals surface area contributed by atoms with Crippen LogP contribution >= 0.6 is 0 Å². The van der Waals surface area contributed by atoms with Crippen LogP contribution in [0.2, 0.25) is 0 Å². The van der Waals surface area contributed by atoms with Crippen molar-refractivity contribution in [3.8, 4) is 5.75 Å². The molecular weight excluding hydrogens is 275 g/mol. The van der Waals surface area contributed by atoms with Crippen LogP contribution in [-0.4, -0.2) is 18.2 Å². The van der Waals surface area contributed by atoms with Crippen molar-refractivity contribution in [2.24, 2.45) is 0 Å². The van der Waals surface area contributed by atoms with Crippen LogP contribution in [-0.2, 0) is 6.54 Å². The number of carboxylic acid groups (broad SMARTS) is 1. The Morgan fingerprint density at radius 3 is 2.81 bits per heavy atom. The van der Waals surface area contributed by atoms with Crippen molar-refractivity contribution < 1.29 is 19.0 Å². The minimum atomic E-state index is -1.28. The van der Waals surface area contributed by atoms with Crippen molar-refractivity contribution in [1.82, 2.24) is 0 Å². The molecule has 0 atom stereocenters. The Balaban J connectivity index is 2.24. The standard InChI is InChI=1S/C15H15FN2O3/c1-21-10-4-2-3-9(7-10)8-18-12-6-5-11(16)14(17)13(12)15(19)20/h2-7,18H,8,17H2,1H3,(H,19,20). The van der Waals surface area contributed by atoms with Gasteiger partial charge < -0.3 is 20.9 Å². The first-order valence-corrected chi connectivity index (χ1v) is 6.21. The van der Waals surface area contributed by atoms with Crippen molar-refractivity contribution in [2.75, 3.05) is 18.2 Å². The zero-order valence-electron chi connectivity index (χ0n) is 11.4. The van der Waals surface area contributed by atoms with E-state index in [0.717, 1.165) is 11.6 Å². The highest BCUT2D eigenvalue weighted by atomic mass is 19.1. The molecule has 2 aromatic rings. The highest BCUT2D eigenvalue weighted by Gasteiger charge is 2.17. The van der Waals surface area contributed by atoms with Gasteiger partial charge in [0.1, 0.15) is 17.1 Å². The number of hydrogen-bond donors (Lipinski definition) is 3. The summed E-state index contributed by atoms with van der Waals surface area (Å²) in [6.45, 7) is 0.364. The van der Waals surface area contributed by atoms with E-state index in [0.29, 0.717) is 12.3 Å². The predicted octanol–water partition coefficient (Wildman–Crippen LogP) is 2.73. The van der Waals surface area contributed by atoms with E-state index in [1.807, 2.05) is 24.3 Å². The molecule has 0 aliphatic carbocycles. The molecule has 0 saturated carbocycles. The lowest BCUT2D eigenvalue weighted by Crippen LogP contribution is -2.10. The second-order valence-electron chi connectivity index (χ2n) is 4.39. The van der Waals surface area contributed by atoms with Crippen LogP contribution in [0, 0.1) is 5.82 Å². The Bertz CT molecular complexity index is 674. The van der Waals surface area contributed by atoms with E-state index in [4.69, 9.17) is 15.6 Å². The van der Waals surface area contributed by atoms with Gasteiger partial charge in [-0.3, -0.25) is 0 Å². The molecule has 5 nitrogen and oxygen atoms in total. The number of methoxy groups -OCH3 is 1. The van der Waals surface area contributed by atoms with Crippen molar-refractivity contribution in [3.05, 3.63) is 53.3 Å². The van der Waals surface area contributed by atoms with E-state index >= 15 is 0 Å². The third kappa shape index (κ3) is 3.22. The first-order chi connectivity index (χ1) is 10.0. The van der Waals surface area contributed by atoms with Crippen LogP contribution in [0.3, 0.4) is 0 Å². The number of ether oxygens (including phenoxy) is 1. The molecule has 0 saturated heterocycles. The van der Waals surface area contributed by atoms with Crippen LogP contribution in [0.1, 0.15) is 15.9 Å². The normalized spacial score (nSPS) is 10.2. The maximum atomic E-state index is 13.3.